The first-order valence-corrected chi connectivity index (χ1v) is 13.2. The van der Waals surface area contributed by atoms with Crippen molar-refractivity contribution in [1.29, 1.82) is 0 Å². The van der Waals surface area contributed by atoms with Crippen molar-refractivity contribution in [1.82, 2.24) is 14.9 Å². The minimum absolute atomic E-state index is 0.0136. The normalized spacial score (nSPS) is 15.4. The molecule has 9 heteroatoms. The quantitative estimate of drug-likeness (QED) is 0.250. The Labute approximate surface area is 214 Å². The lowest BCUT2D eigenvalue weighted by molar-refractivity contribution is 0.0936. The number of fused-ring (bicyclic) bond motifs is 1. The van der Waals surface area contributed by atoms with E-state index in [0.717, 1.165) is 12.8 Å². The maximum atomic E-state index is 13.5. The summed E-state index contributed by atoms with van der Waals surface area (Å²) in [5.74, 6) is 0.522. The second-order valence-corrected chi connectivity index (χ2v) is 9.92. The van der Waals surface area contributed by atoms with Crippen molar-refractivity contribution in [2.24, 2.45) is 0 Å². The molecule has 2 aromatic carbocycles. The van der Waals surface area contributed by atoms with Gasteiger partial charge in [0.25, 0.3) is 11.5 Å². The molecular weight excluding hydrogens is 478 g/mol. The van der Waals surface area contributed by atoms with Gasteiger partial charge in [-0.2, -0.15) is 0 Å². The van der Waals surface area contributed by atoms with Gasteiger partial charge in [-0.05, 0) is 76.1 Å². The first-order chi connectivity index (χ1) is 17.4. The first kappa shape index (κ1) is 25.9. The molecule has 0 bridgehead atoms. The largest absolute Gasteiger partial charge is 0.494 e. The molecule has 36 heavy (non-hydrogen) atoms. The van der Waals surface area contributed by atoms with Crippen molar-refractivity contribution in [3.8, 4) is 5.75 Å². The fraction of sp³-hybridized carbons (Fsp3) is 0.407. The fourth-order valence-corrected chi connectivity index (χ4v) is 4.97. The molecule has 1 fully saturated rings. The number of benzene rings is 2. The van der Waals surface area contributed by atoms with Crippen LogP contribution in [0, 0.1) is 0 Å². The Morgan fingerprint density at radius 2 is 1.94 bits per heavy atom. The Morgan fingerprint density at radius 3 is 2.61 bits per heavy atom. The van der Waals surface area contributed by atoms with Crippen LogP contribution in [0.15, 0.2) is 52.4 Å². The van der Waals surface area contributed by atoms with E-state index in [9.17, 15) is 14.4 Å². The third-order valence-electron chi connectivity index (χ3n) is 5.83. The zero-order chi connectivity index (χ0) is 25.7. The van der Waals surface area contributed by atoms with E-state index in [1.807, 2.05) is 20.8 Å². The summed E-state index contributed by atoms with van der Waals surface area (Å²) in [7, 11) is 0. The molecule has 4 rings (SSSR count). The lowest BCUT2D eigenvalue weighted by Crippen LogP contribution is -2.31. The van der Waals surface area contributed by atoms with E-state index >= 15 is 0 Å². The van der Waals surface area contributed by atoms with Crippen LogP contribution in [0.5, 0.6) is 5.75 Å². The van der Waals surface area contributed by atoms with E-state index in [1.165, 1.54) is 11.8 Å². The van der Waals surface area contributed by atoms with E-state index < -0.39 is 0 Å². The standard InChI is InChI=1S/C27H31N3O5S/c1-4-34-20-10-7-18(8-11-20)24(31)16-36-27-29-23-14-19(25(32)28-17(2)3)9-12-22(23)26(33)30(27)15-21-6-5-13-35-21/h7-12,14,17,21H,4-6,13,15-16H2,1-3H3,(H,28,32)/t21-/m1/s1. The number of rotatable bonds is 10. The lowest BCUT2D eigenvalue weighted by atomic mass is 10.1. The third kappa shape index (κ3) is 6.14. The van der Waals surface area contributed by atoms with E-state index in [-0.39, 0.29) is 35.1 Å². The number of ketones is 1. The molecule has 1 atom stereocenters. The maximum Gasteiger partial charge on any atom is 0.262 e. The van der Waals surface area contributed by atoms with Gasteiger partial charge < -0.3 is 14.8 Å². The Kier molecular flexibility index (Phi) is 8.43. The smallest absolute Gasteiger partial charge is 0.262 e. The van der Waals surface area contributed by atoms with Crippen LogP contribution in [0.4, 0.5) is 0 Å². The van der Waals surface area contributed by atoms with Crippen LogP contribution < -0.4 is 15.6 Å². The number of Topliss-reactive ketones (excluding diaryl/α,β-unsaturated/α-hetero) is 1. The molecule has 1 N–H and O–H groups in total. The van der Waals surface area contributed by atoms with E-state index in [2.05, 4.69) is 5.32 Å². The summed E-state index contributed by atoms with van der Waals surface area (Å²) in [6.07, 6.45) is 1.75. The maximum absolute atomic E-state index is 13.5. The number of ether oxygens (including phenoxy) is 2. The number of hydrogen-bond acceptors (Lipinski definition) is 7. The van der Waals surface area contributed by atoms with Gasteiger partial charge in [0.15, 0.2) is 10.9 Å². The Balaban J connectivity index is 1.63. The molecule has 0 spiro atoms. The van der Waals surface area contributed by atoms with Gasteiger partial charge in [0.05, 0.1) is 35.9 Å². The second-order valence-electron chi connectivity index (χ2n) is 8.97. The van der Waals surface area contributed by atoms with E-state index in [1.54, 1.807) is 47.0 Å². The number of carbonyl (C=O) groups is 2. The van der Waals surface area contributed by atoms with Crippen molar-refractivity contribution in [3.63, 3.8) is 0 Å². The Bertz CT molecular complexity index is 1300. The van der Waals surface area contributed by atoms with Crippen molar-refractivity contribution in [2.45, 2.75) is 57.5 Å². The highest BCUT2D eigenvalue weighted by molar-refractivity contribution is 7.99. The molecule has 2 heterocycles. The van der Waals surface area contributed by atoms with Gasteiger partial charge in [-0.1, -0.05) is 11.8 Å². The van der Waals surface area contributed by atoms with E-state index in [0.29, 0.717) is 52.7 Å². The molecule has 3 aromatic rings. The van der Waals surface area contributed by atoms with Crippen molar-refractivity contribution in [2.75, 3.05) is 19.0 Å². The average molecular weight is 510 g/mol. The van der Waals surface area contributed by atoms with Gasteiger partial charge in [-0.25, -0.2) is 4.98 Å². The fourth-order valence-electron chi connectivity index (χ4n) is 4.07. The minimum Gasteiger partial charge on any atom is -0.494 e. The van der Waals surface area contributed by atoms with Gasteiger partial charge in [0, 0.05) is 23.8 Å². The highest BCUT2D eigenvalue weighted by Gasteiger charge is 2.21. The molecule has 0 radical (unpaired) electrons. The van der Waals surface area contributed by atoms with Crippen molar-refractivity contribution < 1.29 is 19.1 Å². The van der Waals surface area contributed by atoms with Crippen LogP contribution in [0.3, 0.4) is 0 Å². The Morgan fingerprint density at radius 1 is 1.19 bits per heavy atom. The monoisotopic (exact) mass is 509 g/mol. The minimum atomic E-state index is -0.225. The zero-order valence-electron chi connectivity index (χ0n) is 20.8. The molecule has 0 saturated carbocycles. The second kappa shape index (κ2) is 11.7. The first-order valence-electron chi connectivity index (χ1n) is 12.2. The lowest BCUT2D eigenvalue weighted by Gasteiger charge is -2.17. The van der Waals surface area contributed by atoms with Gasteiger partial charge in [-0.3, -0.25) is 19.0 Å². The number of thioether (sulfide) groups is 1. The molecule has 190 valence electrons. The molecule has 8 nitrogen and oxygen atoms in total. The average Bonchev–Trinajstić information content (AvgIpc) is 3.38. The summed E-state index contributed by atoms with van der Waals surface area (Å²) in [5, 5.41) is 3.72. The molecular formula is C27H31N3O5S. The van der Waals surface area contributed by atoms with Gasteiger partial charge in [0.2, 0.25) is 0 Å². The van der Waals surface area contributed by atoms with Crippen molar-refractivity contribution in [3.05, 3.63) is 63.9 Å². The predicted octanol–water partition coefficient (Wildman–Crippen LogP) is 4.09. The molecule has 1 aliphatic heterocycles. The summed E-state index contributed by atoms with van der Waals surface area (Å²) in [6, 6.07) is 11.9. The SMILES string of the molecule is CCOc1ccc(C(=O)CSc2nc3cc(C(=O)NC(C)C)ccc3c(=O)n2C[C@H]2CCCO2)cc1. The van der Waals surface area contributed by atoms with Crippen LogP contribution in [-0.4, -0.2) is 52.4 Å². The molecule has 0 unspecified atom stereocenters. The Hall–Kier alpha value is -3.17. The number of nitrogens with one attached hydrogen (secondary N) is 1. The summed E-state index contributed by atoms with van der Waals surface area (Å²) >= 11 is 1.22. The van der Waals surface area contributed by atoms with Crippen LogP contribution in [0.1, 0.15) is 54.3 Å². The summed E-state index contributed by atoms with van der Waals surface area (Å²) in [4.78, 5) is 43.6. The molecule has 1 saturated heterocycles. The highest BCUT2D eigenvalue weighted by atomic mass is 32.2. The third-order valence-corrected chi connectivity index (χ3v) is 6.81. The molecule has 1 amide bonds. The number of carbonyl (C=O) groups excluding carboxylic acids is 2. The summed E-state index contributed by atoms with van der Waals surface area (Å²) < 4.78 is 12.8. The molecule has 1 aliphatic rings. The predicted molar refractivity (Wildman–Crippen MR) is 140 cm³/mol. The number of amides is 1. The topological polar surface area (TPSA) is 99.5 Å². The number of hydrogen-bond donors (Lipinski definition) is 1. The number of aromatic nitrogens is 2. The summed E-state index contributed by atoms with van der Waals surface area (Å²) in [6.45, 7) is 7.28. The molecule has 1 aromatic heterocycles. The van der Waals surface area contributed by atoms with Gasteiger partial charge >= 0.3 is 0 Å². The van der Waals surface area contributed by atoms with Crippen LogP contribution in [-0.2, 0) is 11.3 Å². The van der Waals surface area contributed by atoms with Crippen molar-refractivity contribution >= 4 is 34.4 Å². The molecule has 0 aliphatic carbocycles. The summed E-state index contributed by atoms with van der Waals surface area (Å²) in [5.41, 5.74) is 1.21. The van der Waals surface area contributed by atoms with Crippen LogP contribution in [0.2, 0.25) is 0 Å². The van der Waals surface area contributed by atoms with Crippen LogP contribution in [0.25, 0.3) is 10.9 Å². The number of nitrogens with zero attached hydrogens (tertiary/aromatic N) is 2. The van der Waals surface area contributed by atoms with Gasteiger partial charge in [0.1, 0.15) is 5.75 Å². The van der Waals surface area contributed by atoms with E-state index in [4.69, 9.17) is 14.5 Å². The zero-order valence-corrected chi connectivity index (χ0v) is 21.6. The highest BCUT2D eigenvalue weighted by Crippen LogP contribution is 2.23. The van der Waals surface area contributed by atoms with Crippen LogP contribution >= 0.6 is 11.8 Å². The van der Waals surface area contributed by atoms with Gasteiger partial charge in [-0.15, -0.1) is 0 Å².